The summed E-state index contributed by atoms with van der Waals surface area (Å²) in [4.78, 5) is 0. The van der Waals surface area contributed by atoms with E-state index in [1.807, 2.05) is 28.8 Å². The number of pyridine rings is 1. The first-order chi connectivity index (χ1) is 11.6. The van der Waals surface area contributed by atoms with E-state index in [1.54, 1.807) is 8.61 Å². The van der Waals surface area contributed by atoms with Crippen LogP contribution in [0.5, 0.6) is 0 Å². The molecule has 0 aliphatic carbocycles. The molecule has 2 fully saturated rings. The highest BCUT2D eigenvalue weighted by molar-refractivity contribution is 7.86. The predicted octanol–water partition coefficient (Wildman–Crippen LogP) is 1.84. The monoisotopic (exact) mass is 349 g/mol. The number of nitrogens with zero attached hydrogens (tertiary/aromatic N) is 5. The van der Waals surface area contributed by atoms with Crippen molar-refractivity contribution < 1.29 is 8.42 Å². The Bertz CT molecular complexity index is 834. The Labute approximate surface area is 142 Å². The number of aromatic nitrogens is 3. The zero-order valence-corrected chi connectivity index (χ0v) is 14.7. The molecule has 0 bridgehead atoms. The van der Waals surface area contributed by atoms with Crippen molar-refractivity contribution in [2.45, 2.75) is 38.6 Å². The van der Waals surface area contributed by atoms with Gasteiger partial charge in [0.05, 0.1) is 6.04 Å². The smallest absolute Gasteiger partial charge is 0.282 e. The molecule has 0 spiro atoms. The average Bonchev–Trinajstić information content (AvgIpc) is 3.21. The summed E-state index contributed by atoms with van der Waals surface area (Å²) >= 11 is 0. The van der Waals surface area contributed by atoms with Crippen LogP contribution in [0.3, 0.4) is 0 Å². The average molecular weight is 349 g/mol. The minimum atomic E-state index is -3.45. The Hall–Kier alpha value is -1.51. The minimum absolute atomic E-state index is 0.232. The maximum atomic E-state index is 13.2. The van der Waals surface area contributed by atoms with Crippen molar-refractivity contribution in [2.75, 3.05) is 19.6 Å². The van der Waals surface area contributed by atoms with Gasteiger partial charge in [0, 0.05) is 25.8 Å². The van der Waals surface area contributed by atoms with Crippen LogP contribution in [0.2, 0.25) is 0 Å². The van der Waals surface area contributed by atoms with E-state index in [0.717, 1.165) is 37.2 Å². The van der Waals surface area contributed by atoms with E-state index in [9.17, 15) is 8.42 Å². The molecule has 2 aromatic rings. The lowest BCUT2D eigenvalue weighted by Gasteiger charge is -2.34. The summed E-state index contributed by atoms with van der Waals surface area (Å²) in [5.41, 5.74) is 0.753. The fourth-order valence-corrected chi connectivity index (χ4v) is 5.85. The van der Waals surface area contributed by atoms with Crippen LogP contribution < -0.4 is 0 Å². The van der Waals surface area contributed by atoms with Gasteiger partial charge < -0.3 is 0 Å². The summed E-state index contributed by atoms with van der Waals surface area (Å²) in [6.07, 6.45) is 5.58. The molecule has 24 heavy (non-hydrogen) atoms. The lowest BCUT2D eigenvalue weighted by Crippen LogP contribution is -2.47. The Kier molecular flexibility index (Phi) is 4.06. The third-order valence-electron chi connectivity index (χ3n) is 5.08. The molecule has 2 saturated heterocycles. The van der Waals surface area contributed by atoms with Gasteiger partial charge >= 0.3 is 0 Å². The van der Waals surface area contributed by atoms with E-state index < -0.39 is 10.2 Å². The maximum absolute atomic E-state index is 13.2. The number of hydrogen-bond acceptors (Lipinski definition) is 4. The molecule has 0 unspecified atom stereocenters. The van der Waals surface area contributed by atoms with Crippen molar-refractivity contribution in [2.24, 2.45) is 5.92 Å². The lowest BCUT2D eigenvalue weighted by molar-refractivity contribution is 0.252. The van der Waals surface area contributed by atoms with Crippen LogP contribution in [0, 0.1) is 5.92 Å². The highest BCUT2D eigenvalue weighted by Crippen LogP contribution is 2.35. The zero-order chi connectivity index (χ0) is 16.7. The van der Waals surface area contributed by atoms with Crippen LogP contribution in [-0.4, -0.2) is 51.3 Å². The number of piperidine rings is 1. The van der Waals surface area contributed by atoms with Gasteiger partial charge in [-0.15, -0.1) is 10.2 Å². The first-order valence-corrected chi connectivity index (χ1v) is 10.0. The van der Waals surface area contributed by atoms with E-state index in [2.05, 4.69) is 17.1 Å². The molecule has 2 aromatic heterocycles. The zero-order valence-electron chi connectivity index (χ0n) is 13.9. The van der Waals surface area contributed by atoms with E-state index in [1.165, 1.54) is 0 Å². The number of rotatable bonds is 3. The molecule has 0 amide bonds. The van der Waals surface area contributed by atoms with E-state index >= 15 is 0 Å². The van der Waals surface area contributed by atoms with Crippen molar-refractivity contribution in [3.63, 3.8) is 0 Å². The van der Waals surface area contributed by atoms with Gasteiger partial charge in [0.1, 0.15) is 0 Å². The molecule has 0 N–H and O–H groups in total. The van der Waals surface area contributed by atoms with Gasteiger partial charge in [-0.1, -0.05) is 13.0 Å². The van der Waals surface area contributed by atoms with E-state index in [0.29, 0.717) is 25.6 Å². The van der Waals surface area contributed by atoms with Gasteiger partial charge in [0.2, 0.25) is 0 Å². The Balaban J connectivity index is 1.67. The van der Waals surface area contributed by atoms with Gasteiger partial charge in [-0.05, 0) is 43.7 Å². The number of hydrogen-bond donors (Lipinski definition) is 0. The summed E-state index contributed by atoms with van der Waals surface area (Å²) in [6.45, 7) is 3.91. The lowest BCUT2D eigenvalue weighted by atomic mass is 10.0. The van der Waals surface area contributed by atoms with Gasteiger partial charge in [-0.3, -0.25) is 4.40 Å². The Morgan fingerprint density at radius 1 is 1.12 bits per heavy atom. The van der Waals surface area contributed by atoms with Crippen molar-refractivity contribution in [3.8, 4) is 0 Å². The summed E-state index contributed by atoms with van der Waals surface area (Å²) in [6, 6.07) is 5.48. The standard InChI is InChI=1S/C16H23N5O2S/c1-13-6-4-9-19(12-13)24(22,23)21-11-5-7-14(21)16-18-17-15-8-2-3-10-20(15)16/h2-3,8,10,13-14H,4-7,9,11-12H2,1H3/t13-,14+/m0/s1. The Morgan fingerprint density at radius 3 is 2.79 bits per heavy atom. The molecule has 2 aliphatic heterocycles. The van der Waals surface area contributed by atoms with Crippen LogP contribution in [0.15, 0.2) is 24.4 Å². The van der Waals surface area contributed by atoms with Gasteiger partial charge in [0.15, 0.2) is 11.5 Å². The normalized spacial score (nSPS) is 27.0. The Morgan fingerprint density at radius 2 is 1.96 bits per heavy atom. The molecular formula is C16H23N5O2S. The first-order valence-electron chi connectivity index (χ1n) is 8.64. The van der Waals surface area contributed by atoms with Crippen molar-refractivity contribution >= 4 is 15.9 Å². The molecule has 4 heterocycles. The minimum Gasteiger partial charge on any atom is -0.285 e. The van der Waals surface area contributed by atoms with Crippen molar-refractivity contribution in [1.29, 1.82) is 0 Å². The van der Waals surface area contributed by atoms with Gasteiger partial charge in [-0.2, -0.15) is 17.0 Å². The second kappa shape index (κ2) is 6.09. The number of fused-ring (bicyclic) bond motifs is 1. The van der Waals surface area contributed by atoms with Gasteiger partial charge in [0.25, 0.3) is 10.2 Å². The molecule has 7 nitrogen and oxygen atoms in total. The fourth-order valence-electron chi connectivity index (χ4n) is 3.87. The molecular weight excluding hydrogens is 326 g/mol. The van der Waals surface area contributed by atoms with E-state index in [4.69, 9.17) is 0 Å². The molecule has 2 aliphatic rings. The van der Waals surface area contributed by atoms with Crippen LogP contribution in [0.25, 0.3) is 5.65 Å². The van der Waals surface area contributed by atoms with Crippen molar-refractivity contribution in [1.82, 2.24) is 23.2 Å². The largest absolute Gasteiger partial charge is 0.285 e. The quantitative estimate of drug-likeness (QED) is 0.848. The third kappa shape index (κ3) is 2.62. The summed E-state index contributed by atoms with van der Waals surface area (Å²) in [5, 5.41) is 8.47. The topological polar surface area (TPSA) is 70.8 Å². The molecule has 4 rings (SSSR count). The molecule has 0 saturated carbocycles. The highest BCUT2D eigenvalue weighted by atomic mass is 32.2. The maximum Gasteiger partial charge on any atom is 0.282 e. The van der Waals surface area contributed by atoms with Crippen LogP contribution in [0.4, 0.5) is 0 Å². The second-order valence-corrected chi connectivity index (χ2v) is 8.75. The predicted molar refractivity (Wildman–Crippen MR) is 90.6 cm³/mol. The second-order valence-electron chi connectivity index (χ2n) is 6.87. The summed E-state index contributed by atoms with van der Waals surface area (Å²) < 4.78 is 31.5. The summed E-state index contributed by atoms with van der Waals surface area (Å²) in [7, 11) is -3.45. The first kappa shape index (κ1) is 16.0. The highest BCUT2D eigenvalue weighted by Gasteiger charge is 2.41. The van der Waals surface area contributed by atoms with Crippen LogP contribution >= 0.6 is 0 Å². The van der Waals surface area contributed by atoms with Crippen molar-refractivity contribution in [3.05, 3.63) is 30.2 Å². The summed E-state index contributed by atoms with van der Waals surface area (Å²) in [5.74, 6) is 1.14. The van der Waals surface area contributed by atoms with E-state index in [-0.39, 0.29) is 6.04 Å². The van der Waals surface area contributed by atoms with Gasteiger partial charge in [-0.25, -0.2) is 0 Å². The fraction of sp³-hybridized carbons (Fsp3) is 0.625. The molecule has 130 valence electrons. The molecule has 2 atom stereocenters. The van der Waals surface area contributed by atoms with Crippen LogP contribution in [0.1, 0.15) is 44.5 Å². The molecule has 0 aromatic carbocycles. The molecule has 0 radical (unpaired) electrons. The SMILES string of the molecule is C[C@H]1CCCN(S(=O)(=O)N2CCC[C@@H]2c2nnc3ccccn23)C1. The third-order valence-corrected chi connectivity index (χ3v) is 7.10. The molecule has 8 heteroatoms. The van der Waals surface area contributed by atoms with Crippen LogP contribution in [-0.2, 0) is 10.2 Å².